The van der Waals surface area contributed by atoms with Gasteiger partial charge < -0.3 is 20.3 Å². The minimum atomic E-state index is -1.26. The first-order valence-corrected chi connectivity index (χ1v) is 11.8. The number of likely N-dealkylation sites (N-methyl/N-ethyl adjacent to an activating group) is 1. The maximum Gasteiger partial charge on any atom is 0.275 e. The molecule has 2 aliphatic rings. The van der Waals surface area contributed by atoms with Gasteiger partial charge in [-0.2, -0.15) is 0 Å². The van der Waals surface area contributed by atoms with Gasteiger partial charge in [0.1, 0.15) is 28.8 Å². The van der Waals surface area contributed by atoms with Crippen LogP contribution in [-0.2, 0) is 16.9 Å². The number of fused-ring (bicyclic) bond motifs is 2. The zero-order valence-corrected chi connectivity index (χ0v) is 20.4. The quantitative estimate of drug-likeness (QED) is 0.412. The number of anilines is 3. The average Bonchev–Trinajstić information content (AvgIpc) is 3.28. The summed E-state index contributed by atoms with van der Waals surface area (Å²) in [6.45, 7) is 1.82. The van der Waals surface area contributed by atoms with Gasteiger partial charge in [0.15, 0.2) is 5.82 Å². The van der Waals surface area contributed by atoms with Crippen LogP contribution < -0.4 is 20.3 Å². The van der Waals surface area contributed by atoms with Crippen molar-refractivity contribution in [2.75, 3.05) is 17.3 Å². The molecule has 1 aromatic heterocycles. The second kappa shape index (κ2) is 8.62. The molecule has 6 rings (SSSR count). The minimum Gasteiger partial charge on any atom is -0.471 e. The van der Waals surface area contributed by atoms with E-state index >= 15 is 0 Å². The molecule has 3 aromatic carbocycles. The van der Waals surface area contributed by atoms with Crippen LogP contribution in [-0.4, -0.2) is 28.8 Å². The monoisotopic (exact) mass is 513 g/mol. The van der Waals surface area contributed by atoms with Gasteiger partial charge in [-0.3, -0.25) is 9.59 Å². The summed E-state index contributed by atoms with van der Waals surface area (Å²) in [6.07, 6.45) is 0. The van der Waals surface area contributed by atoms with Crippen molar-refractivity contribution in [3.63, 3.8) is 0 Å². The molecule has 4 aromatic rings. The van der Waals surface area contributed by atoms with Gasteiger partial charge in [0.2, 0.25) is 5.60 Å². The Morgan fingerprint density at radius 2 is 1.66 bits per heavy atom. The van der Waals surface area contributed by atoms with Crippen LogP contribution in [0.3, 0.4) is 0 Å². The molecule has 0 saturated carbocycles. The Hall–Kier alpha value is -4.86. The topological polar surface area (TPSA) is 96.5 Å². The third-order valence-electron chi connectivity index (χ3n) is 6.77. The number of hydrogen-bond acceptors (Lipinski definition) is 6. The second-order valence-electron chi connectivity index (χ2n) is 9.17. The number of amides is 2. The molecule has 0 aliphatic carbocycles. The Balaban J connectivity index is 1.35. The summed E-state index contributed by atoms with van der Waals surface area (Å²) in [5.41, 5.74) is 0.740. The Morgan fingerprint density at radius 3 is 2.39 bits per heavy atom. The molecule has 8 nitrogen and oxygen atoms in total. The lowest BCUT2D eigenvalue weighted by Gasteiger charge is -2.39. The second-order valence-corrected chi connectivity index (χ2v) is 9.17. The summed E-state index contributed by atoms with van der Waals surface area (Å²) in [4.78, 5) is 35.8. The minimum absolute atomic E-state index is 0.111. The Kier molecular flexibility index (Phi) is 5.34. The number of para-hydroxylation sites is 2. The molecule has 2 amide bonds. The molecule has 0 saturated heterocycles. The number of benzene rings is 3. The van der Waals surface area contributed by atoms with Gasteiger partial charge in [0.25, 0.3) is 11.8 Å². The van der Waals surface area contributed by atoms with Gasteiger partial charge in [-0.1, -0.05) is 30.3 Å². The number of hydrogen-bond donors (Lipinski definition) is 2. The van der Waals surface area contributed by atoms with E-state index in [9.17, 15) is 18.4 Å². The Labute approximate surface area is 216 Å². The van der Waals surface area contributed by atoms with Crippen LogP contribution in [0.1, 0.15) is 28.5 Å². The Morgan fingerprint density at radius 1 is 0.947 bits per heavy atom. The van der Waals surface area contributed by atoms with Crippen molar-refractivity contribution >= 4 is 29.0 Å². The van der Waals surface area contributed by atoms with E-state index in [-0.39, 0.29) is 35.2 Å². The highest BCUT2D eigenvalue weighted by atomic mass is 19.1. The van der Waals surface area contributed by atoms with Crippen LogP contribution in [0.4, 0.5) is 26.0 Å². The predicted octanol–water partition coefficient (Wildman–Crippen LogP) is 4.68. The van der Waals surface area contributed by atoms with Gasteiger partial charge >= 0.3 is 0 Å². The van der Waals surface area contributed by atoms with Crippen LogP contribution in [0.2, 0.25) is 0 Å². The molecule has 0 bridgehead atoms. The zero-order chi connectivity index (χ0) is 26.6. The largest absolute Gasteiger partial charge is 0.471 e. The fourth-order valence-corrected chi connectivity index (χ4v) is 4.74. The third-order valence-corrected chi connectivity index (χ3v) is 6.77. The van der Waals surface area contributed by atoms with E-state index in [4.69, 9.17) is 4.74 Å². The fraction of sp³-hybridized carbons (Fsp3) is 0.143. The number of nitrogens with one attached hydrogen (secondary N) is 2. The molecule has 3 heterocycles. The van der Waals surface area contributed by atoms with Crippen molar-refractivity contribution in [2.24, 2.45) is 0 Å². The van der Waals surface area contributed by atoms with Gasteiger partial charge in [0, 0.05) is 18.3 Å². The maximum absolute atomic E-state index is 14.5. The molecule has 0 spiro atoms. The van der Waals surface area contributed by atoms with E-state index in [1.807, 2.05) is 24.3 Å². The lowest BCUT2D eigenvalue weighted by Crippen LogP contribution is -2.50. The predicted molar refractivity (Wildman–Crippen MR) is 136 cm³/mol. The molecule has 2 N–H and O–H groups in total. The molecule has 0 fully saturated rings. The first-order chi connectivity index (χ1) is 18.3. The van der Waals surface area contributed by atoms with Gasteiger partial charge in [-0.05, 0) is 43.3 Å². The summed E-state index contributed by atoms with van der Waals surface area (Å²) in [5, 5.41) is 5.73. The molecular weight excluding hydrogens is 492 g/mol. The summed E-state index contributed by atoms with van der Waals surface area (Å²) < 4.78 is 35.1. The molecule has 10 heteroatoms. The third kappa shape index (κ3) is 3.64. The van der Waals surface area contributed by atoms with E-state index in [2.05, 4.69) is 20.6 Å². The van der Waals surface area contributed by atoms with Crippen LogP contribution in [0, 0.1) is 11.6 Å². The van der Waals surface area contributed by atoms with Crippen LogP contribution in [0.25, 0.3) is 11.4 Å². The molecular formula is C28H21F2N5O3. The van der Waals surface area contributed by atoms with E-state index in [1.165, 1.54) is 6.07 Å². The summed E-state index contributed by atoms with van der Waals surface area (Å²) in [6, 6.07) is 17.7. The van der Waals surface area contributed by atoms with Crippen molar-refractivity contribution < 1.29 is 23.1 Å². The molecule has 38 heavy (non-hydrogen) atoms. The van der Waals surface area contributed by atoms with E-state index in [0.717, 1.165) is 12.1 Å². The zero-order valence-electron chi connectivity index (χ0n) is 20.4. The smallest absolute Gasteiger partial charge is 0.275 e. The fourth-order valence-electron chi connectivity index (χ4n) is 4.74. The van der Waals surface area contributed by atoms with Gasteiger partial charge in [0.05, 0.1) is 23.5 Å². The van der Waals surface area contributed by atoms with E-state index in [1.54, 1.807) is 43.1 Å². The summed E-state index contributed by atoms with van der Waals surface area (Å²) >= 11 is 0. The van der Waals surface area contributed by atoms with Crippen molar-refractivity contribution in [1.82, 2.24) is 15.3 Å². The lowest BCUT2D eigenvalue weighted by atomic mass is 9.92. The van der Waals surface area contributed by atoms with Gasteiger partial charge in [-0.15, -0.1) is 0 Å². The number of aromatic nitrogens is 2. The van der Waals surface area contributed by atoms with E-state index < -0.39 is 23.1 Å². The highest BCUT2D eigenvalue weighted by Crippen LogP contribution is 2.41. The first kappa shape index (κ1) is 23.5. The van der Waals surface area contributed by atoms with E-state index in [0.29, 0.717) is 28.4 Å². The number of nitrogens with zero attached hydrogens (tertiary/aromatic N) is 3. The number of halogens is 2. The molecule has 0 radical (unpaired) electrons. The van der Waals surface area contributed by atoms with Crippen molar-refractivity contribution in [2.45, 2.75) is 19.1 Å². The number of carbonyl (C=O) groups is 2. The van der Waals surface area contributed by atoms with Crippen molar-refractivity contribution in [1.29, 1.82) is 0 Å². The Bertz CT molecular complexity index is 1610. The highest BCUT2D eigenvalue weighted by molar-refractivity contribution is 6.03. The number of ether oxygens (including phenoxy) is 1. The average molecular weight is 514 g/mol. The van der Waals surface area contributed by atoms with Gasteiger partial charge in [-0.25, -0.2) is 18.7 Å². The van der Waals surface area contributed by atoms with Crippen molar-refractivity contribution in [3.05, 3.63) is 95.2 Å². The number of carbonyl (C=O) groups excluding carboxylic acids is 2. The standard InChI is InChI=1S/C28H21F2N5O3/c1-28(27(37)35(2)20-8-3-4-9-21(20)38-28)15-10-12-16(13-11-15)32-25-23-19(14-31-26(23)36)33-24(34-25)22-17(29)6-5-7-18(22)30/h3-13H,14H2,1-2H3,(H,31,36)(H,32,33,34). The lowest BCUT2D eigenvalue weighted by molar-refractivity contribution is -0.134. The number of rotatable bonds is 4. The molecule has 190 valence electrons. The molecule has 2 aliphatic heterocycles. The first-order valence-electron chi connectivity index (χ1n) is 11.8. The van der Waals surface area contributed by atoms with Crippen LogP contribution in [0.5, 0.6) is 5.75 Å². The molecule has 1 atom stereocenters. The molecule has 1 unspecified atom stereocenters. The highest BCUT2D eigenvalue weighted by Gasteiger charge is 2.44. The van der Waals surface area contributed by atoms with Crippen LogP contribution in [0.15, 0.2) is 66.7 Å². The van der Waals surface area contributed by atoms with Crippen LogP contribution >= 0.6 is 0 Å². The SMILES string of the molecule is CN1C(=O)C(C)(c2ccc(Nc3nc(-c4c(F)cccc4F)nc4c3C(=O)NC4)cc2)Oc2ccccc21. The van der Waals surface area contributed by atoms with Crippen molar-refractivity contribution in [3.8, 4) is 17.1 Å². The maximum atomic E-state index is 14.5. The normalized spacial score (nSPS) is 17.9. The summed E-state index contributed by atoms with van der Waals surface area (Å²) in [7, 11) is 1.70. The summed E-state index contributed by atoms with van der Waals surface area (Å²) in [5.74, 6) is -1.71.